The van der Waals surface area contributed by atoms with Crippen LogP contribution in [-0.4, -0.2) is 60.6 Å². The molecular formula is C20H27N5O4S. The highest BCUT2D eigenvalue weighted by molar-refractivity contribution is 7.89. The zero-order valence-corrected chi connectivity index (χ0v) is 18.0. The van der Waals surface area contributed by atoms with Gasteiger partial charge < -0.3 is 9.64 Å². The van der Waals surface area contributed by atoms with Crippen LogP contribution < -0.4 is 9.46 Å². The van der Waals surface area contributed by atoms with E-state index in [2.05, 4.69) is 19.9 Å². The van der Waals surface area contributed by atoms with E-state index >= 15 is 0 Å². The van der Waals surface area contributed by atoms with Crippen molar-refractivity contribution in [3.05, 3.63) is 35.9 Å². The Morgan fingerprint density at radius 3 is 2.43 bits per heavy atom. The number of hydrogen-bond acceptors (Lipinski definition) is 6. The lowest BCUT2D eigenvalue weighted by Gasteiger charge is -2.32. The third-order valence-electron chi connectivity index (χ3n) is 5.73. The topological polar surface area (TPSA) is 117 Å². The number of aromatic amines is 1. The molecule has 1 saturated heterocycles. The molecule has 30 heavy (non-hydrogen) atoms. The predicted molar refractivity (Wildman–Crippen MR) is 110 cm³/mol. The Hall–Kier alpha value is -2.46. The lowest BCUT2D eigenvalue weighted by molar-refractivity contribution is -0.133. The second kappa shape index (κ2) is 8.35. The van der Waals surface area contributed by atoms with Crippen LogP contribution in [0.3, 0.4) is 0 Å². The van der Waals surface area contributed by atoms with Crippen molar-refractivity contribution in [2.24, 2.45) is 0 Å². The van der Waals surface area contributed by atoms with Crippen molar-refractivity contribution in [3.8, 4) is 5.75 Å². The van der Waals surface area contributed by atoms with Crippen LogP contribution in [-0.2, 0) is 14.8 Å². The minimum Gasteiger partial charge on any atom is -0.497 e. The normalized spacial score (nSPS) is 18.9. The molecule has 0 spiro atoms. The number of aromatic nitrogens is 3. The van der Waals surface area contributed by atoms with Gasteiger partial charge in [-0.05, 0) is 56.9 Å². The van der Waals surface area contributed by atoms with Crippen molar-refractivity contribution < 1.29 is 17.9 Å². The number of amides is 1. The fraction of sp³-hybridized carbons (Fsp3) is 0.550. The second-order valence-electron chi connectivity index (χ2n) is 7.97. The van der Waals surface area contributed by atoms with Gasteiger partial charge in [0.2, 0.25) is 15.9 Å². The van der Waals surface area contributed by atoms with Crippen molar-refractivity contribution in [1.82, 2.24) is 24.8 Å². The molecule has 2 heterocycles. The monoisotopic (exact) mass is 433 g/mol. The van der Waals surface area contributed by atoms with Crippen molar-refractivity contribution in [3.63, 3.8) is 0 Å². The number of H-pyrrole nitrogens is 1. The molecule has 1 aliphatic carbocycles. The van der Waals surface area contributed by atoms with E-state index in [1.165, 1.54) is 19.2 Å². The number of hydrogen-bond donors (Lipinski definition) is 2. The highest BCUT2D eigenvalue weighted by Crippen LogP contribution is 2.38. The molecule has 0 unspecified atom stereocenters. The first-order valence-corrected chi connectivity index (χ1v) is 11.7. The summed E-state index contributed by atoms with van der Waals surface area (Å²) in [6, 6.07) is 5.21. The third-order valence-corrected chi connectivity index (χ3v) is 7.28. The largest absolute Gasteiger partial charge is 0.497 e. The van der Waals surface area contributed by atoms with E-state index in [0.29, 0.717) is 24.8 Å². The number of piperidine rings is 1. The summed E-state index contributed by atoms with van der Waals surface area (Å²) in [4.78, 5) is 19.2. The van der Waals surface area contributed by atoms with Crippen LogP contribution >= 0.6 is 0 Å². The van der Waals surface area contributed by atoms with Crippen molar-refractivity contribution >= 4 is 15.9 Å². The van der Waals surface area contributed by atoms with Gasteiger partial charge in [-0.1, -0.05) is 0 Å². The Balaban J connectivity index is 1.32. The number of nitrogens with zero attached hydrogens (tertiary/aromatic N) is 3. The average Bonchev–Trinajstić information content (AvgIpc) is 3.49. The number of rotatable bonds is 7. The van der Waals surface area contributed by atoms with Crippen molar-refractivity contribution in [1.29, 1.82) is 0 Å². The lowest BCUT2D eigenvalue weighted by atomic mass is 9.96. The highest BCUT2D eigenvalue weighted by atomic mass is 32.2. The smallest absolute Gasteiger partial charge is 0.241 e. The number of nitrogens with one attached hydrogen (secondary N) is 2. The fourth-order valence-corrected chi connectivity index (χ4v) is 4.94. The molecule has 4 rings (SSSR count). The first-order chi connectivity index (χ1) is 14.4. The van der Waals surface area contributed by atoms with Crippen molar-refractivity contribution in [2.45, 2.75) is 55.4 Å². The number of carbonyl (C=O) groups is 1. The minimum absolute atomic E-state index is 0.0958. The molecule has 2 aliphatic rings. The van der Waals surface area contributed by atoms with Gasteiger partial charge in [0.05, 0.1) is 18.0 Å². The quantitative estimate of drug-likeness (QED) is 0.687. The first kappa shape index (κ1) is 20.8. The molecule has 1 aliphatic heterocycles. The second-order valence-corrected chi connectivity index (χ2v) is 9.69. The molecule has 1 aromatic carbocycles. The standard InChI is InChI=1S/C20H27N5O4S/c1-13(24-30(27,28)17-7-5-16(29-2)6-8-17)20(26)25-11-9-15(10-12-25)19-21-18(22-23-19)14-3-4-14/h5-8,13-15,24H,3-4,9-12H2,1-2H3,(H,21,22,23)/t13-/m0/s1. The minimum atomic E-state index is -3.80. The molecule has 0 radical (unpaired) electrons. The van der Waals surface area contributed by atoms with Gasteiger partial charge in [-0.15, -0.1) is 0 Å². The molecule has 10 heteroatoms. The molecule has 9 nitrogen and oxygen atoms in total. The summed E-state index contributed by atoms with van der Waals surface area (Å²) < 4.78 is 32.7. The van der Waals surface area contributed by atoms with Crippen LogP contribution in [0.25, 0.3) is 0 Å². The molecule has 1 saturated carbocycles. The summed E-state index contributed by atoms with van der Waals surface area (Å²) >= 11 is 0. The Bertz CT molecular complexity index is 992. The van der Waals surface area contributed by atoms with Gasteiger partial charge in [0.15, 0.2) is 5.82 Å². The summed E-state index contributed by atoms with van der Waals surface area (Å²) in [5.74, 6) is 2.91. The summed E-state index contributed by atoms with van der Waals surface area (Å²) in [6.45, 7) is 2.71. The van der Waals surface area contributed by atoms with Crippen LogP contribution in [0.15, 0.2) is 29.2 Å². The molecule has 1 aromatic heterocycles. The van der Waals surface area contributed by atoms with Crippen LogP contribution in [0.2, 0.25) is 0 Å². The third kappa shape index (κ3) is 4.49. The van der Waals surface area contributed by atoms with Crippen LogP contribution in [0.5, 0.6) is 5.75 Å². The maximum Gasteiger partial charge on any atom is 0.241 e. The Kier molecular flexibility index (Phi) is 5.79. The number of benzene rings is 1. The van der Waals surface area contributed by atoms with Crippen LogP contribution in [0.4, 0.5) is 0 Å². The molecule has 0 bridgehead atoms. The van der Waals surface area contributed by atoms with E-state index in [4.69, 9.17) is 4.74 Å². The number of ether oxygens (including phenoxy) is 1. The summed E-state index contributed by atoms with van der Waals surface area (Å²) in [6.07, 6.45) is 3.88. The SMILES string of the molecule is COc1ccc(S(=O)(=O)N[C@@H](C)C(=O)N2CCC(c3nc(C4CC4)n[nH]3)CC2)cc1. The van der Waals surface area contributed by atoms with Gasteiger partial charge in [0.1, 0.15) is 11.6 Å². The van der Waals surface area contributed by atoms with Crippen LogP contribution in [0, 0.1) is 0 Å². The zero-order valence-electron chi connectivity index (χ0n) is 17.2. The Morgan fingerprint density at radius 1 is 1.17 bits per heavy atom. The van der Waals surface area contributed by atoms with E-state index < -0.39 is 16.1 Å². The predicted octanol–water partition coefficient (Wildman–Crippen LogP) is 1.76. The summed E-state index contributed by atoms with van der Waals surface area (Å²) in [5, 5.41) is 7.37. The average molecular weight is 434 g/mol. The van der Waals surface area contributed by atoms with Gasteiger partial charge in [-0.3, -0.25) is 9.89 Å². The van der Waals surface area contributed by atoms with E-state index in [0.717, 1.165) is 37.3 Å². The Labute approximate surface area is 176 Å². The van der Waals surface area contributed by atoms with Gasteiger partial charge in [0, 0.05) is 24.9 Å². The summed E-state index contributed by atoms with van der Waals surface area (Å²) in [7, 11) is -2.28. The number of sulfonamides is 1. The molecule has 162 valence electrons. The fourth-order valence-electron chi connectivity index (χ4n) is 3.75. The molecular weight excluding hydrogens is 406 g/mol. The maximum absolute atomic E-state index is 12.8. The highest BCUT2D eigenvalue weighted by Gasteiger charge is 2.32. The number of carbonyl (C=O) groups excluding carboxylic acids is 1. The van der Waals surface area contributed by atoms with Gasteiger partial charge in [0.25, 0.3) is 0 Å². The summed E-state index contributed by atoms with van der Waals surface area (Å²) in [5.41, 5.74) is 0. The number of likely N-dealkylation sites (tertiary alicyclic amines) is 1. The van der Waals surface area contributed by atoms with E-state index in [1.807, 2.05) is 0 Å². The molecule has 1 atom stereocenters. The molecule has 2 aromatic rings. The molecule has 2 N–H and O–H groups in total. The van der Waals surface area contributed by atoms with Gasteiger partial charge in [-0.25, -0.2) is 13.4 Å². The maximum atomic E-state index is 12.8. The van der Waals surface area contributed by atoms with E-state index in [9.17, 15) is 13.2 Å². The van der Waals surface area contributed by atoms with Crippen LogP contribution in [0.1, 0.15) is 56.1 Å². The van der Waals surface area contributed by atoms with Crippen molar-refractivity contribution in [2.75, 3.05) is 20.2 Å². The Morgan fingerprint density at radius 2 is 1.83 bits per heavy atom. The van der Waals surface area contributed by atoms with Gasteiger partial charge >= 0.3 is 0 Å². The molecule has 2 fully saturated rings. The number of methoxy groups -OCH3 is 1. The van der Waals surface area contributed by atoms with E-state index in [-0.39, 0.29) is 16.7 Å². The van der Waals surface area contributed by atoms with E-state index in [1.54, 1.807) is 24.0 Å². The first-order valence-electron chi connectivity index (χ1n) is 10.2. The molecule has 1 amide bonds. The zero-order chi connectivity index (χ0) is 21.3. The lowest BCUT2D eigenvalue weighted by Crippen LogP contribution is -2.49. The van der Waals surface area contributed by atoms with Gasteiger partial charge in [-0.2, -0.15) is 9.82 Å².